The Morgan fingerprint density at radius 3 is 1.92 bits per heavy atom. The second-order valence-corrected chi connectivity index (χ2v) is 8.59. The lowest BCUT2D eigenvalue weighted by molar-refractivity contribution is -0.155. The van der Waals surface area contributed by atoms with Gasteiger partial charge in [-0.25, -0.2) is 0 Å². The first-order chi connectivity index (χ1) is 12.5. The Morgan fingerprint density at radius 1 is 0.808 bits per heavy atom. The van der Waals surface area contributed by atoms with Crippen LogP contribution in [0.25, 0.3) is 0 Å². The summed E-state index contributed by atoms with van der Waals surface area (Å²) in [6.07, 6.45) is 14.9. The normalized spacial score (nSPS) is 21.8. The van der Waals surface area contributed by atoms with Crippen molar-refractivity contribution in [3.8, 4) is 0 Å². The molecular formula is C22H38O4. The Morgan fingerprint density at radius 2 is 1.35 bits per heavy atom. The molecule has 2 atom stereocenters. The molecule has 150 valence electrons. The quantitative estimate of drug-likeness (QED) is 0.501. The third-order valence-corrected chi connectivity index (χ3v) is 5.94. The zero-order valence-corrected chi connectivity index (χ0v) is 16.8. The van der Waals surface area contributed by atoms with E-state index in [1.54, 1.807) is 0 Å². The van der Waals surface area contributed by atoms with Gasteiger partial charge in [-0.3, -0.25) is 9.59 Å². The van der Waals surface area contributed by atoms with E-state index in [0.29, 0.717) is 12.3 Å². The van der Waals surface area contributed by atoms with Crippen molar-refractivity contribution >= 4 is 11.9 Å². The van der Waals surface area contributed by atoms with Crippen molar-refractivity contribution in [2.75, 3.05) is 0 Å². The molecule has 2 aliphatic rings. The fraction of sp³-hybridized carbons (Fsp3) is 0.909. The number of ether oxygens (including phenoxy) is 2. The third-order valence-electron chi connectivity index (χ3n) is 5.94. The van der Waals surface area contributed by atoms with Crippen LogP contribution in [0.3, 0.4) is 0 Å². The number of esters is 2. The lowest BCUT2D eigenvalue weighted by atomic mass is 9.95. The molecule has 0 bridgehead atoms. The van der Waals surface area contributed by atoms with Gasteiger partial charge in [-0.1, -0.05) is 39.5 Å². The minimum Gasteiger partial charge on any atom is -0.462 e. The minimum atomic E-state index is -0.0471. The molecule has 0 aromatic heterocycles. The Labute approximate surface area is 159 Å². The van der Waals surface area contributed by atoms with Crippen LogP contribution in [0.15, 0.2) is 0 Å². The van der Waals surface area contributed by atoms with E-state index in [1.807, 2.05) is 6.92 Å². The maximum absolute atomic E-state index is 12.2. The van der Waals surface area contributed by atoms with Crippen molar-refractivity contribution in [3.05, 3.63) is 0 Å². The smallest absolute Gasteiger partial charge is 0.308 e. The minimum absolute atomic E-state index is 0.0405. The van der Waals surface area contributed by atoms with Crippen molar-refractivity contribution in [2.24, 2.45) is 11.8 Å². The van der Waals surface area contributed by atoms with Gasteiger partial charge in [0.25, 0.3) is 0 Å². The van der Waals surface area contributed by atoms with Crippen LogP contribution in [0.1, 0.15) is 104 Å². The lowest BCUT2D eigenvalue weighted by Crippen LogP contribution is -2.25. The molecule has 4 nitrogen and oxygen atoms in total. The molecule has 2 unspecified atom stereocenters. The average molecular weight is 367 g/mol. The lowest BCUT2D eigenvalue weighted by Gasteiger charge is -2.24. The predicted molar refractivity (Wildman–Crippen MR) is 103 cm³/mol. The van der Waals surface area contributed by atoms with Crippen LogP contribution in [0, 0.1) is 11.8 Å². The summed E-state index contributed by atoms with van der Waals surface area (Å²) >= 11 is 0. The van der Waals surface area contributed by atoms with Crippen LogP contribution in [-0.4, -0.2) is 24.1 Å². The molecule has 2 rings (SSSR count). The Hall–Kier alpha value is -1.06. The van der Waals surface area contributed by atoms with Crippen LogP contribution in [0.4, 0.5) is 0 Å². The predicted octanol–water partition coefficient (Wildman–Crippen LogP) is 5.57. The molecule has 4 heteroatoms. The second kappa shape index (κ2) is 11.6. The van der Waals surface area contributed by atoms with Gasteiger partial charge in [-0.05, 0) is 63.7 Å². The van der Waals surface area contributed by atoms with Crippen molar-refractivity contribution < 1.29 is 19.1 Å². The number of carbonyl (C=O) groups is 2. The maximum Gasteiger partial charge on any atom is 0.308 e. The monoisotopic (exact) mass is 366 g/mol. The van der Waals surface area contributed by atoms with Crippen LogP contribution in [-0.2, 0) is 19.1 Å². The summed E-state index contributed by atoms with van der Waals surface area (Å²) in [7, 11) is 0. The topological polar surface area (TPSA) is 52.6 Å². The summed E-state index contributed by atoms with van der Waals surface area (Å²) in [5, 5.41) is 0. The molecule has 2 aliphatic carbocycles. The van der Waals surface area contributed by atoms with E-state index >= 15 is 0 Å². The number of hydrogen-bond acceptors (Lipinski definition) is 4. The summed E-state index contributed by atoms with van der Waals surface area (Å²) in [4.78, 5) is 24.2. The molecule has 0 aliphatic heterocycles. The standard InChI is InChI=1S/C22H38O4/c1-17(16-21(23)25-19-12-5-3-6-13-19)10-9-11-18(2)22(24)26-20-14-7-4-8-15-20/h17-20H,3-16H2,1-2H3. The van der Waals surface area contributed by atoms with E-state index in [9.17, 15) is 9.59 Å². The number of carbonyl (C=O) groups excluding carboxylic acids is 2. The maximum atomic E-state index is 12.2. The molecule has 26 heavy (non-hydrogen) atoms. The molecule has 0 heterocycles. The van der Waals surface area contributed by atoms with Gasteiger partial charge in [0.15, 0.2) is 0 Å². The zero-order chi connectivity index (χ0) is 18.8. The van der Waals surface area contributed by atoms with Gasteiger partial charge in [0.1, 0.15) is 12.2 Å². The fourth-order valence-electron chi connectivity index (χ4n) is 4.16. The van der Waals surface area contributed by atoms with Gasteiger partial charge in [0, 0.05) is 6.42 Å². The Bertz CT molecular complexity index is 422. The molecule has 2 fully saturated rings. The van der Waals surface area contributed by atoms with E-state index in [1.165, 1.54) is 38.5 Å². The van der Waals surface area contributed by atoms with Crippen LogP contribution in [0.5, 0.6) is 0 Å². The average Bonchev–Trinajstić information content (AvgIpc) is 2.63. The van der Waals surface area contributed by atoms with Crippen molar-refractivity contribution in [3.63, 3.8) is 0 Å². The third kappa shape index (κ3) is 8.09. The summed E-state index contributed by atoms with van der Waals surface area (Å²) in [5.41, 5.74) is 0. The Balaban J connectivity index is 1.55. The summed E-state index contributed by atoms with van der Waals surface area (Å²) < 4.78 is 11.2. The summed E-state index contributed by atoms with van der Waals surface area (Å²) in [5.74, 6) is 0.182. The van der Waals surface area contributed by atoms with E-state index in [-0.39, 0.29) is 30.1 Å². The van der Waals surface area contributed by atoms with Gasteiger partial charge in [-0.2, -0.15) is 0 Å². The van der Waals surface area contributed by atoms with Crippen molar-refractivity contribution in [1.29, 1.82) is 0 Å². The largest absolute Gasteiger partial charge is 0.462 e. The van der Waals surface area contributed by atoms with Crippen LogP contribution >= 0.6 is 0 Å². The van der Waals surface area contributed by atoms with Gasteiger partial charge in [0.05, 0.1) is 5.92 Å². The van der Waals surface area contributed by atoms with Gasteiger partial charge in [0.2, 0.25) is 0 Å². The molecule has 0 aromatic rings. The van der Waals surface area contributed by atoms with E-state index in [2.05, 4.69) is 6.92 Å². The second-order valence-electron chi connectivity index (χ2n) is 8.59. The van der Waals surface area contributed by atoms with Crippen LogP contribution < -0.4 is 0 Å². The molecule has 0 amide bonds. The molecule has 0 radical (unpaired) electrons. The highest BCUT2D eigenvalue weighted by atomic mass is 16.5. The van der Waals surface area contributed by atoms with Gasteiger partial charge in [-0.15, -0.1) is 0 Å². The van der Waals surface area contributed by atoms with E-state index in [4.69, 9.17) is 9.47 Å². The van der Waals surface area contributed by atoms with Crippen molar-refractivity contribution in [2.45, 2.75) is 116 Å². The van der Waals surface area contributed by atoms with Crippen molar-refractivity contribution in [1.82, 2.24) is 0 Å². The highest BCUT2D eigenvalue weighted by Gasteiger charge is 2.22. The highest BCUT2D eigenvalue weighted by molar-refractivity contribution is 5.72. The fourth-order valence-corrected chi connectivity index (χ4v) is 4.16. The zero-order valence-electron chi connectivity index (χ0n) is 16.8. The number of rotatable bonds is 9. The molecular weight excluding hydrogens is 328 g/mol. The van der Waals surface area contributed by atoms with E-state index < -0.39 is 0 Å². The molecule has 0 aromatic carbocycles. The van der Waals surface area contributed by atoms with Gasteiger partial charge >= 0.3 is 11.9 Å². The van der Waals surface area contributed by atoms with Crippen LogP contribution in [0.2, 0.25) is 0 Å². The van der Waals surface area contributed by atoms with E-state index in [0.717, 1.165) is 44.9 Å². The van der Waals surface area contributed by atoms with Gasteiger partial charge < -0.3 is 9.47 Å². The number of hydrogen-bond donors (Lipinski definition) is 0. The first kappa shape index (κ1) is 21.2. The first-order valence-corrected chi connectivity index (χ1v) is 10.9. The molecule has 2 saturated carbocycles. The molecule has 0 saturated heterocycles. The molecule has 0 N–H and O–H groups in total. The highest BCUT2D eigenvalue weighted by Crippen LogP contribution is 2.24. The Kier molecular flexibility index (Phi) is 9.49. The first-order valence-electron chi connectivity index (χ1n) is 10.9. The molecule has 0 spiro atoms. The summed E-state index contributed by atoms with van der Waals surface area (Å²) in [6, 6.07) is 0. The SMILES string of the molecule is CC(CCCC(C)C(=O)OC1CCCCC1)CC(=O)OC1CCCCC1. The summed E-state index contributed by atoms with van der Waals surface area (Å²) in [6.45, 7) is 4.07.